The zero-order chi connectivity index (χ0) is 15.3. The van der Waals surface area contributed by atoms with E-state index in [9.17, 15) is 0 Å². The van der Waals surface area contributed by atoms with Gasteiger partial charge in [-0.15, -0.1) is 0 Å². The highest BCUT2D eigenvalue weighted by atomic mass is 15.2. The molecular weight excluding hydrogens is 282 g/mol. The van der Waals surface area contributed by atoms with E-state index in [-0.39, 0.29) is 0 Å². The lowest BCUT2D eigenvalue weighted by molar-refractivity contribution is -0.117. The Labute approximate surface area is 142 Å². The van der Waals surface area contributed by atoms with Gasteiger partial charge in [0.2, 0.25) is 0 Å². The van der Waals surface area contributed by atoms with Gasteiger partial charge in [0.25, 0.3) is 0 Å². The summed E-state index contributed by atoms with van der Waals surface area (Å²) in [6.07, 6.45) is 14.6. The van der Waals surface area contributed by atoms with Gasteiger partial charge in [-0.2, -0.15) is 0 Å². The molecule has 2 N–H and O–H groups in total. The van der Waals surface area contributed by atoms with Crippen LogP contribution in [-0.4, -0.2) is 49.2 Å². The number of hydrogen-bond acceptors (Lipinski definition) is 3. The maximum atomic E-state index is 4.04. The molecule has 0 aromatic rings. The van der Waals surface area contributed by atoms with Crippen molar-refractivity contribution in [2.24, 2.45) is 17.3 Å². The van der Waals surface area contributed by atoms with Gasteiger partial charge >= 0.3 is 0 Å². The summed E-state index contributed by atoms with van der Waals surface area (Å²) in [5, 5.41) is 8.04. The smallest absolute Gasteiger partial charge is 0.0179 e. The maximum absolute atomic E-state index is 4.04. The van der Waals surface area contributed by atoms with Gasteiger partial charge in [-0.25, -0.2) is 0 Å². The molecule has 4 saturated heterocycles. The summed E-state index contributed by atoms with van der Waals surface area (Å²) in [5.74, 6) is 1.96. The zero-order valence-electron chi connectivity index (χ0n) is 14.7. The van der Waals surface area contributed by atoms with Crippen LogP contribution in [0.5, 0.6) is 0 Å². The van der Waals surface area contributed by atoms with E-state index in [1.54, 1.807) is 0 Å². The van der Waals surface area contributed by atoms with E-state index >= 15 is 0 Å². The van der Waals surface area contributed by atoms with Crippen molar-refractivity contribution in [2.75, 3.05) is 26.2 Å². The number of hydrogen-bond donors (Lipinski definition) is 2. The lowest BCUT2D eigenvalue weighted by Crippen LogP contribution is -2.72. The zero-order valence-corrected chi connectivity index (χ0v) is 14.7. The Morgan fingerprint density at radius 2 is 1.74 bits per heavy atom. The number of rotatable bonds is 1. The van der Waals surface area contributed by atoms with Crippen molar-refractivity contribution in [1.29, 1.82) is 0 Å². The standard InChI is InChI=1S/C20H35N3/c1-3-9-21-18(8-1)20-13-16(12-15-6-5-10-22-19(15)20)17-7-2-4-11-23(17)14-20/h15-19,21-22H,1-14H2/t15-,16?,17-,18+,19+,20+/m1/s1. The third-order valence-corrected chi connectivity index (χ3v) is 8.16. The molecule has 0 aromatic carbocycles. The topological polar surface area (TPSA) is 27.3 Å². The lowest BCUT2D eigenvalue weighted by Gasteiger charge is -2.64. The van der Waals surface area contributed by atoms with Crippen molar-refractivity contribution in [3.8, 4) is 0 Å². The quantitative estimate of drug-likeness (QED) is 0.779. The highest BCUT2D eigenvalue weighted by Gasteiger charge is 2.58. The summed E-state index contributed by atoms with van der Waals surface area (Å²) in [7, 11) is 0. The first-order valence-corrected chi connectivity index (χ1v) is 10.6. The van der Waals surface area contributed by atoms with Crippen molar-refractivity contribution >= 4 is 0 Å². The fraction of sp³-hybridized carbons (Fsp3) is 1.00. The van der Waals surface area contributed by atoms with Crippen LogP contribution in [0, 0.1) is 17.3 Å². The minimum absolute atomic E-state index is 0.530. The van der Waals surface area contributed by atoms with Crippen molar-refractivity contribution in [3.63, 3.8) is 0 Å². The van der Waals surface area contributed by atoms with Crippen LogP contribution < -0.4 is 10.6 Å². The van der Waals surface area contributed by atoms with Gasteiger partial charge in [0, 0.05) is 30.1 Å². The summed E-state index contributed by atoms with van der Waals surface area (Å²) < 4.78 is 0. The molecule has 6 atom stereocenters. The summed E-state index contributed by atoms with van der Waals surface area (Å²) in [6.45, 7) is 5.30. The molecular formula is C20H35N3. The van der Waals surface area contributed by atoms with E-state index in [4.69, 9.17) is 0 Å². The van der Waals surface area contributed by atoms with E-state index in [2.05, 4.69) is 15.5 Å². The Balaban J connectivity index is 1.50. The van der Waals surface area contributed by atoms with Crippen LogP contribution in [0.15, 0.2) is 0 Å². The summed E-state index contributed by atoms with van der Waals surface area (Å²) >= 11 is 0. The molecule has 5 rings (SSSR count). The molecule has 0 spiro atoms. The van der Waals surface area contributed by atoms with Crippen LogP contribution in [0.2, 0.25) is 0 Å². The first-order chi connectivity index (χ1) is 11.4. The minimum atomic E-state index is 0.530. The third kappa shape index (κ3) is 2.41. The van der Waals surface area contributed by atoms with Gasteiger partial charge in [0.05, 0.1) is 0 Å². The van der Waals surface area contributed by atoms with E-state index in [0.717, 1.165) is 30.0 Å². The molecule has 5 fully saturated rings. The van der Waals surface area contributed by atoms with E-state index in [0.29, 0.717) is 5.41 Å². The Hall–Kier alpha value is -0.120. The van der Waals surface area contributed by atoms with Crippen LogP contribution in [0.25, 0.3) is 0 Å². The molecule has 23 heavy (non-hydrogen) atoms. The molecule has 0 aromatic heterocycles. The monoisotopic (exact) mass is 317 g/mol. The molecule has 3 nitrogen and oxygen atoms in total. The molecule has 1 aliphatic carbocycles. The van der Waals surface area contributed by atoms with Crippen LogP contribution in [-0.2, 0) is 0 Å². The molecule has 130 valence electrons. The van der Waals surface area contributed by atoms with Gasteiger partial charge in [-0.1, -0.05) is 12.8 Å². The van der Waals surface area contributed by atoms with E-state index < -0.39 is 0 Å². The average molecular weight is 318 g/mol. The average Bonchev–Trinajstić information content (AvgIpc) is 2.63. The highest BCUT2D eigenvalue weighted by Crippen LogP contribution is 2.55. The normalized spacial score (nSPS) is 50.9. The van der Waals surface area contributed by atoms with Gasteiger partial charge in [0.15, 0.2) is 0 Å². The second-order valence-corrected chi connectivity index (χ2v) is 9.30. The van der Waals surface area contributed by atoms with E-state index in [1.807, 2.05) is 0 Å². The molecule has 3 heteroatoms. The number of piperidine rings is 4. The fourth-order valence-electron chi connectivity index (χ4n) is 7.36. The molecule has 1 unspecified atom stereocenters. The number of nitrogens with zero attached hydrogens (tertiary/aromatic N) is 1. The maximum Gasteiger partial charge on any atom is 0.0179 e. The summed E-state index contributed by atoms with van der Waals surface area (Å²) in [5.41, 5.74) is 0.530. The van der Waals surface area contributed by atoms with Crippen molar-refractivity contribution in [1.82, 2.24) is 15.5 Å². The van der Waals surface area contributed by atoms with Crippen LogP contribution in [0.4, 0.5) is 0 Å². The molecule has 4 aliphatic heterocycles. The van der Waals surface area contributed by atoms with Crippen LogP contribution in [0.1, 0.15) is 64.2 Å². The molecule has 1 saturated carbocycles. The first-order valence-electron chi connectivity index (χ1n) is 10.6. The summed E-state index contributed by atoms with van der Waals surface area (Å²) in [4.78, 5) is 2.94. The number of nitrogens with one attached hydrogen (secondary N) is 2. The van der Waals surface area contributed by atoms with Crippen molar-refractivity contribution in [3.05, 3.63) is 0 Å². The van der Waals surface area contributed by atoms with E-state index in [1.165, 1.54) is 90.4 Å². The molecule has 0 radical (unpaired) electrons. The second kappa shape index (κ2) is 6.00. The first kappa shape index (κ1) is 15.2. The highest BCUT2D eigenvalue weighted by molar-refractivity contribution is 5.14. The Kier molecular flexibility index (Phi) is 3.95. The van der Waals surface area contributed by atoms with Gasteiger partial charge in [-0.3, -0.25) is 4.90 Å². The molecule has 4 heterocycles. The van der Waals surface area contributed by atoms with Crippen LogP contribution >= 0.6 is 0 Å². The van der Waals surface area contributed by atoms with Crippen LogP contribution in [0.3, 0.4) is 0 Å². The predicted molar refractivity (Wildman–Crippen MR) is 94.5 cm³/mol. The predicted octanol–water partition coefficient (Wildman–Crippen LogP) is 2.76. The largest absolute Gasteiger partial charge is 0.313 e. The molecule has 2 bridgehead atoms. The van der Waals surface area contributed by atoms with Gasteiger partial charge in [0.1, 0.15) is 0 Å². The van der Waals surface area contributed by atoms with Crippen molar-refractivity contribution < 1.29 is 0 Å². The lowest BCUT2D eigenvalue weighted by atomic mass is 9.52. The third-order valence-electron chi connectivity index (χ3n) is 8.16. The Morgan fingerprint density at radius 3 is 2.65 bits per heavy atom. The van der Waals surface area contributed by atoms with Gasteiger partial charge in [-0.05, 0) is 82.8 Å². The van der Waals surface area contributed by atoms with Crippen molar-refractivity contribution in [2.45, 2.75) is 82.3 Å². The minimum Gasteiger partial charge on any atom is -0.313 e. The SMILES string of the molecule is C1CC[C@@H]([C@@]23CC(C[C@H]4CCCN[C@@H]42)[C@H]2CCCCN2C3)NC1. The van der Waals surface area contributed by atoms with Gasteiger partial charge < -0.3 is 10.6 Å². The Morgan fingerprint density at radius 1 is 0.826 bits per heavy atom. The Bertz CT molecular complexity index is 431. The molecule has 0 amide bonds. The second-order valence-electron chi connectivity index (χ2n) is 9.30. The number of fused-ring (bicyclic) bond motifs is 6. The molecule has 5 aliphatic rings. The summed E-state index contributed by atoms with van der Waals surface area (Å²) in [6, 6.07) is 2.51. The fourth-order valence-corrected chi connectivity index (χ4v) is 7.36.